The van der Waals surface area contributed by atoms with E-state index >= 15 is 0 Å². The van der Waals surface area contributed by atoms with Crippen LogP contribution in [0.4, 0.5) is 4.79 Å². The first kappa shape index (κ1) is 17.5. The SMILES string of the molecule is C=Cc1ccc(CC(C)(C)OC(=O)OC=Cc2ccccc2)cc1. The van der Waals surface area contributed by atoms with Gasteiger partial charge in [0, 0.05) is 6.42 Å². The third kappa shape index (κ3) is 5.76. The zero-order valence-electron chi connectivity index (χ0n) is 14.1. The summed E-state index contributed by atoms with van der Waals surface area (Å²) < 4.78 is 10.4. The number of rotatable bonds is 6. The fourth-order valence-corrected chi connectivity index (χ4v) is 2.28. The van der Waals surface area contributed by atoms with Gasteiger partial charge in [-0.3, -0.25) is 0 Å². The average molecular weight is 322 g/mol. The van der Waals surface area contributed by atoms with Gasteiger partial charge < -0.3 is 9.47 Å². The fraction of sp³-hybridized carbons (Fsp3) is 0.190. The number of hydrogen-bond donors (Lipinski definition) is 0. The summed E-state index contributed by atoms with van der Waals surface area (Å²) in [5, 5.41) is 0. The topological polar surface area (TPSA) is 35.5 Å². The van der Waals surface area contributed by atoms with Gasteiger partial charge in [-0.25, -0.2) is 4.79 Å². The zero-order chi connectivity index (χ0) is 17.4. The molecule has 0 saturated heterocycles. The molecule has 124 valence electrons. The Hall–Kier alpha value is -2.81. The summed E-state index contributed by atoms with van der Waals surface area (Å²) in [6.45, 7) is 7.45. The van der Waals surface area contributed by atoms with Crippen LogP contribution in [0, 0.1) is 0 Å². The molecule has 24 heavy (non-hydrogen) atoms. The highest BCUT2D eigenvalue weighted by molar-refractivity contribution is 5.62. The minimum absolute atomic E-state index is 0.599. The molecule has 3 nitrogen and oxygen atoms in total. The second-order valence-electron chi connectivity index (χ2n) is 6.07. The van der Waals surface area contributed by atoms with Gasteiger partial charge in [-0.2, -0.15) is 0 Å². The van der Waals surface area contributed by atoms with Crippen molar-refractivity contribution in [2.24, 2.45) is 0 Å². The molecule has 0 amide bonds. The lowest BCUT2D eigenvalue weighted by molar-refractivity contribution is 0.000952. The second-order valence-corrected chi connectivity index (χ2v) is 6.07. The van der Waals surface area contributed by atoms with Gasteiger partial charge in [-0.05, 0) is 36.6 Å². The Morgan fingerprint density at radius 3 is 2.33 bits per heavy atom. The lowest BCUT2D eigenvalue weighted by atomic mass is 9.97. The maximum Gasteiger partial charge on any atom is 0.513 e. The van der Waals surface area contributed by atoms with Crippen LogP contribution in [-0.2, 0) is 15.9 Å². The van der Waals surface area contributed by atoms with Gasteiger partial charge in [0.15, 0.2) is 0 Å². The van der Waals surface area contributed by atoms with Gasteiger partial charge in [0.05, 0.1) is 6.26 Å². The molecule has 0 radical (unpaired) electrons. The van der Waals surface area contributed by atoms with E-state index in [-0.39, 0.29) is 0 Å². The van der Waals surface area contributed by atoms with Crippen LogP contribution in [0.25, 0.3) is 12.2 Å². The van der Waals surface area contributed by atoms with Crippen LogP contribution in [0.15, 0.2) is 67.4 Å². The first-order valence-electron chi connectivity index (χ1n) is 7.81. The van der Waals surface area contributed by atoms with Crippen molar-refractivity contribution in [2.45, 2.75) is 25.9 Å². The maximum absolute atomic E-state index is 11.8. The molecule has 0 saturated carbocycles. The van der Waals surface area contributed by atoms with Gasteiger partial charge in [-0.15, -0.1) is 0 Å². The number of benzene rings is 2. The van der Waals surface area contributed by atoms with E-state index in [0.29, 0.717) is 6.42 Å². The van der Waals surface area contributed by atoms with Crippen molar-refractivity contribution in [1.29, 1.82) is 0 Å². The average Bonchev–Trinajstić information content (AvgIpc) is 2.55. The minimum atomic E-state index is -0.713. The maximum atomic E-state index is 11.8. The third-order valence-corrected chi connectivity index (χ3v) is 3.43. The van der Waals surface area contributed by atoms with Crippen LogP contribution >= 0.6 is 0 Å². The molecule has 2 aromatic rings. The number of carbonyl (C=O) groups excluding carboxylic acids is 1. The smallest absolute Gasteiger partial charge is 0.428 e. The Labute approximate surface area is 143 Å². The first-order valence-corrected chi connectivity index (χ1v) is 7.81. The molecular weight excluding hydrogens is 300 g/mol. The molecule has 0 spiro atoms. The van der Waals surface area contributed by atoms with E-state index in [4.69, 9.17) is 9.47 Å². The molecule has 0 heterocycles. The van der Waals surface area contributed by atoms with Crippen LogP contribution in [0.1, 0.15) is 30.5 Å². The van der Waals surface area contributed by atoms with Crippen molar-refractivity contribution >= 4 is 18.3 Å². The van der Waals surface area contributed by atoms with Gasteiger partial charge in [0.25, 0.3) is 0 Å². The number of hydrogen-bond acceptors (Lipinski definition) is 3. The van der Waals surface area contributed by atoms with Crippen LogP contribution in [-0.4, -0.2) is 11.8 Å². The summed E-state index contributed by atoms with van der Waals surface area (Å²) in [6.07, 6.45) is 4.73. The molecule has 0 aliphatic rings. The van der Waals surface area contributed by atoms with Crippen LogP contribution < -0.4 is 0 Å². The summed E-state index contributed by atoms with van der Waals surface area (Å²) in [7, 11) is 0. The predicted octanol–water partition coefficient (Wildman–Crippen LogP) is 5.47. The third-order valence-electron chi connectivity index (χ3n) is 3.43. The number of ether oxygens (including phenoxy) is 2. The minimum Gasteiger partial charge on any atom is -0.428 e. The Morgan fingerprint density at radius 1 is 1.04 bits per heavy atom. The Balaban J connectivity index is 1.86. The Kier molecular flexibility index (Phi) is 5.96. The molecule has 0 aliphatic carbocycles. The van der Waals surface area contributed by atoms with E-state index in [0.717, 1.165) is 16.7 Å². The lowest BCUT2D eigenvalue weighted by Crippen LogP contribution is -2.30. The molecule has 0 atom stereocenters. The van der Waals surface area contributed by atoms with E-state index < -0.39 is 11.8 Å². The molecule has 3 heteroatoms. The van der Waals surface area contributed by atoms with Crippen molar-refractivity contribution in [3.8, 4) is 0 Å². The molecular formula is C21H22O3. The quantitative estimate of drug-likeness (QED) is 0.522. The molecule has 2 rings (SSSR count). The highest BCUT2D eigenvalue weighted by atomic mass is 16.7. The summed E-state index contributed by atoms with van der Waals surface area (Å²) in [4.78, 5) is 11.8. The fourth-order valence-electron chi connectivity index (χ4n) is 2.28. The van der Waals surface area contributed by atoms with Crippen LogP contribution in [0.3, 0.4) is 0 Å². The summed E-state index contributed by atoms with van der Waals surface area (Å²) in [5.74, 6) is 0. The molecule has 0 aromatic heterocycles. The molecule has 2 aromatic carbocycles. The molecule has 0 fully saturated rings. The molecule has 0 unspecified atom stereocenters. The zero-order valence-corrected chi connectivity index (χ0v) is 14.1. The van der Waals surface area contributed by atoms with Crippen molar-refractivity contribution in [2.75, 3.05) is 0 Å². The molecule has 0 bridgehead atoms. The second kappa shape index (κ2) is 8.16. The van der Waals surface area contributed by atoms with Crippen LogP contribution in [0.2, 0.25) is 0 Å². The van der Waals surface area contributed by atoms with E-state index in [2.05, 4.69) is 6.58 Å². The Bertz CT molecular complexity index is 698. The van der Waals surface area contributed by atoms with Crippen molar-refractivity contribution in [3.63, 3.8) is 0 Å². The first-order chi connectivity index (χ1) is 11.5. The van der Waals surface area contributed by atoms with Crippen molar-refractivity contribution < 1.29 is 14.3 Å². The summed E-state index contributed by atoms with van der Waals surface area (Å²) in [6, 6.07) is 17.6. The summed E-state index contributed by atoms with van der Waals surface area (Å²) in [5.41, 5.74) is 2.43. The van der Waals surface area contributed by atoms with Gasteiger partial charge in [-0.1, -0.05) is 67.3 Å². The van der Waals surface area contributed by atoms with E-state index in [1.165, 1.54) is 6.26 Å². The van der Waals surface area contributed by atoms with Gasteiger partial charge >= 0.3 is 6.16 Å². The van der Waals surface area contributed by atoms with Crippen molar-refractivity contribution in [1.82, 2.24) is 0 Å². The van der Waals surface area contributed by atoms with Crippen molar-refractivity contribution in [3.05, 3.63) is 84.1 Å². The monoisotopic (exact) mass is 322 g/mol. The van der Waals surface area contributed by atoms with Gasteiger partial charge in [0.2, 0.25) is 0 Å². The number of carbonyl (C=O) groups is 1. The standard InChI is InChI=1S/C21H22O3/c1-4-17-10-12-19(13-11-17)16-21(2,3)24-20(22)23-15-14-18-8-6-5-7-9-18/h4-15H,1,16H2,2-3H3. The Morgan fingerprint density at radius 2 is 1.71 bits per heavy atom. The largest absolute Gasteiger partial charge is 0.513 e. The van der Waals surface area contributed by atoms with E-state index in [9.17, 15) is 4.79 Å². The molecule has 0 aliphatic heterocycles. The normalized spacial score (nSPS) is 11.2. The highest BCUT2D eigenvalue weighted by Gasteiger charge is 2.24. The van der Waals surface area contributed by atoms with Crippen LogP contribution in [0.5, 0.6) is 0 Å². The molecule has 0 N–H and O–H groups in total. The highest BCUT2D eigenvalue weighted by Crippen LogP contribution is 2.19. The van der Waals surface area contributed by atoms with E-state index in [1.54, 1.807) is 12.2 Å². The van der Waals surface area contributed by atoms with Gasteiger partial charge in [0.1, 0.15) is 5.60 Å². The van der Waals surface area contributed by atoms with E-state index in [1.807, 2.05) is 68.4 Å². The lowest BCUT2D eigenvalue weighted by Gasteiger charge is -2.24. The summed E-state index contributed by atoms with van der Waals surface area (Å²) >= 11 is 0. The predicted molar refractivity (Wildman–Crippen MR) is 97.4 cm³/mol.